The number of methoxy groups -OCH3 is 1. The van der Waals surface area contributed by atoms with E-state index in [9.17, 15) is 4.39 Å². The van der Waals surface area contributed by atoms with Crippen LogP contribution in [0.3, 0.4) is 0 Å². The number of aryl methyl sites for hydroxylation is 1. The lowest BCUT2D eigenvalue weighted by Gasteiger charge is -2.08. The van der Waals surface area contributed by atoms with Crippen molar-refractivity contribution in [1.29, 1.82) is 0 Å². The number of benzene rings is 2. The van der Waals surface area contributed by atoms with E-state index in [1.165, 1.54) is 12.1 Å². The van der Waals surface area contributed by atoms with Crippen LogP contribution >= 0.6 is 0 Å². The Bertz CT molecular complexity index is 636. The molecule has 0 spiro atoms. The van der Waals surface area contributed by atoms with Crippen LogP contribution in [0.2, 0.25) is 0 Å². The molecule has 102 valence electrons. The highest BCUT2D eigenvalue weighted by molar-refractivity contribution is 5.43. The van der Waals surface area contributed by atoms with Gasteiger partial charge < -0.3 is 9.47 Å². The summed E-state index contributed by atoms with van der Waals surface area (Å²) in [5.74, 6) is 6.87. The first-order chi connectivity index (χ1) is 9.69. The molecular weight excluding hydrogens is 255 g/mol. The SMILES string of the molecule is COc1cc(C)ccc1OCC#Cc1ccc(F)cc1. The Morgan fingerprint density at radius 3 is 2.50 bits per heavy atom. The van der Waals surface area contributed by atoms with E-state index in [0.717, 1.165) is 11.1 Å². The van der Waals surface area contributed by atoms with Crippen LogP contribution in [-0.2, 0) is 0 Å². The second-order valence-corrected chi connectivity index (χ2v) is 4.25. The number of hydrogen-bond acceptors (Lipinski definition) is 2. The summed E-state index contributed by atoms with van der Waals surface area (Å²) in [6.45, 7) is 2.23. The van der Waals surface area contributed by atoms with Gasteiger partial charge in [0, 0.05) is 5.56 Å². The van der Waals surface area contributed by atoms with Gasteiger partial charge in [-0.25, -0.2) is 4.39 Å². The molecule has 2 aromatic rings. The average molecular weight is 270 g/mol. The molecule has 2 rings (SSSR count). The van der Waals surface area contributed by atoms with Crippen LogP contribution in [0.5, 0.6) is 11.5 Å². The van der Waals surface area contributed by atoms with Crippen LogP contribution in [0.4, 0.5) is 4.39 Å². The predicted molar refractivity (Wildman–Crippen MR) is 76.5 cm³/mol. The van der Waals surface area contributed by atoms with Crippen molar-refractivity contribution < 1.29 is 13.9 Å². The Morgan fingerprint density at radius 2 is 1.80 bits per heavy atom. The normalized spacial score (nSPS) is 9.55. The van der Waals surface area contributed by atoms with Gasteiger partial charge in [-0.05, 0) is 48.9 Å². The fraction of sp³-hybridized carbons (Fsp3) is 0.176. The van der Waals surface area contributed by atoms with E-state index in [1.807, 2.05) is 25.1 Å². The van der Waals surface area contributed by atoms with E-state index >= 15 is 0 Å². The van der Waals surface area contributed by atoms with Crippen LogP contribution < -0.4 is 9.47 Å². The Labute approximate surface area is 118 Å². The van der Waals surface area contributed by atoms with Crippen molar-refractivity contribution >= 4 is 0 Å². The molecule has 0 radical (unpaired) electrons. The maximum absolute atomic E-state index is 12.7. The first-order valence-corrected chi connectivity index (χ1v) is 6.21. The summed E-state index contributed by atoms with van der Waals surface area (Å²) in [6, 6.07) is 11.7. The second-order valence-electron chi connectivity index (χ2n) is 4.25. The van der Waals surface area contributed by atoms with E-state index in [1.54, 1.807) is 19.2 Å². The molecule has 0 heterocycles. The van der Waals surface area contributed by atoms with Gasteiger partial charge in [0.05, 0.1) is 7.11 Å². The van der Waals surface area contributed by atoms with Crippen molar-refractivity contribution in [3.63, 3.8) is 0 Å². The van der Waals surface area contributed by atoms with Gasteiger partial charge in [0.2, 0.25) is 0 Å². The third-order valence-corrected chi connectivity index (χ3v) is 2.70. The molecule has 0 bridgehead atoms. The Hall–Kier alpha value is -2.47. The molecular formula is C17H15FO2. The summed E-state index contributed by atoms with van der Waals surface area (Å²) in [6.07, 6.45) is 0. The number of halogens is 1. The third-order valence-electron chi connectivity index (χ3n) is 2.70. The highest BCUT2D eigenvalue weighted by Crippen LogP contribution is 2.27. The van der Waals surface area contributed by atoms with Crippen molar-refractivity contribution in [3.05, 3.63) is 59.4 Å². The van der Waals surface area contributed by atoms with Crippen LogP contribution in [0, 0.1) is 24.6 Å². The molecule has 0 fully saturated rings. The van der Waals surface area contributed by atoms with Crippen LogP contribution in [0.25, 0.3) is 0 Å². The standard InChI is InChI=1S/C17H15FO2/c1-13-5-10-16(17(12-13)19-2)20-11-3-4-14-6-8-15(18)9-7-14/h5-10,12H,11H2,1-2H3. The minimum absolute atomic E-state index is 0.247. The maximum atomic E-state index is 12.7. The quantitative estimate of drug-likeness (QED) is 0.794. The fourth-order valence-electron chi connectivity index (χ4n) is 1.68. The van der Waals surface area contributed by atoms with Crippen molar-refractivity contribution in [2.24, 2.45) is 0 Å². The van der Waals surface area contributed by atoms with E-state index in [4.69, 9.17) is 9.47 Å². The van der Waals surface area contributed by atoms with Crippen molar-refractivity contribution in [1.82, 2.24) is 0 Å². The van der Waals surface area contributed by atoms with Crippen molar-refractivity contribution in [2.75, 3.05) is 13.7 Å². The van der Waals surface area contributed by atoms with Gasteiger partial charge in [0.25, 0.3) is 0 Å². The molecule has 0 N–H and O–H groups in total. The Kier molecular flexibility index (Phi) is 4.62. The van der Waals surface area contributed by atoms with E-state index < -0.39 is 0 Å². The van der Waals surface area contributed by atoms with Gasteiger partial charge in [-0.3, -0.25) is 0 Å². The minimum atomic E-state index is -0.267. The minimum Gasteiger partial charge on any atom is -0.493 e. The lowest BCUT2D eigenvalue weighted by molar-refractivity contribution is 0.330. The van der Waals surface area contributed by atoms with Crippen molar-refractivity contribution in [3.8, 4) is 23.3 Å². The van der Waals surface area contributed by atoms with Gasteiger partial charge in [-0.15, -0.1) is 0 Å². The predicted octanol–water partition coefficient (Wildman–Crippen LogP) is 3.57. The molecule has 0 aromatic heterocycles. The van der Waals surface area contributed by atoms with Crippen LogP contribution in [-0.4, -0.2) is 13.7 Å². The summed E-state index contributed by atoms with van der Waals surface area (Å²) in [7, 11) is 1.60. The van der Waals surface area contributed by atoms with Gasteiger partial charge in [0.1, 0.15) is 12.4 Å². The molecule has 0 aliphatic rings. The molecule has 0 atom stereocenters. The topological polar surface area (TPSA) is 18.5 Å². The lowest BCUT2D eigenvalue weighted by atomic mass is 10.2. The highest BCUT2D eigenvalue weighted by atomic mass is 19.1. The first kappa shape index (κ1) is 14.0. The smallest absolute Gasteiger partial charge is 0.162 e. The van der Waals surface area contributed by atoms with Crippen LogP contribution in [0.15, 0.2) is 42.5 Å². The summed E-state index contributed by atoms with van der Waals surface area (Å²) in [5, 5.41) is 0. The van der Waals surface area contributed by atoms with E-state index in [2.05, 4.69) is 11.8 Å². The third kappa shape index (κ3) is 3.76. The zero-order valence-electron chi connectivity index (χ0n) is 11.4. The molecule has 0 saturated carbocycles. The zero-order chi connectivity index (χ0) is 14.4. The van der Waals surface area contributed by atoms with Gasteiger partial charge in [0.15, 0.2) is 11.5 Å². The number of hydrogen-bond donors (Lipinski definition) is 0. The molecule has 20 heavy (non-hydrogen) atoms. The summed E-state index contributed by atoms with van der Waals surface area (Å²) >= 11 is 0. The molecule has 3 heteroatoms. The van der Waals surface area contributed by atoms with Crippen molar-refractivity contribution in [2.45, 2.75) is 6.92 Å². The number of ether oxygens (including phenoxy) is 2. The summed E-state index contributed by atoms with van der Waals surface area (Å²) in [5.41, 5.74) is 1.86. The molecule has 2 nitrogen and oxygen atoms in total. The number of rotatable bonds is 3. The zero-order valence-corrected chi connectivity index (χ0v) is 11.4. The van der Waals surface area contributed by atoms with E-state index in [-0.39, 0.29) is 12.4 Å². The lowest BCUT2D eigenvalue weighted by Crippen LogP contribution is -1.97. The molecule has 0 aliphatic heterocycles. The van der Waals surface area contributed by atoms with Gasteiger partial charge in [-0.1, -0.05) is 17.9 Å². The molecule has 0 saturated heterocycles. The second kappa shape index (κ2) is 6.63. The fourth-order valence-corrected chi connectivity index (χ4v) is 1.68. The highest BCUT2D eigenvalue weighted by Gasteiger charge is 2.02. The van der Waals surface area contributed by atoms with Crippen LogP contribution in [0.1, 0.15) is 11.1 Å². The summed E-state index contributed by atoms with van der Waals surface area (Å²) in [4.78, 5) is 0. The van der Waals surface area contributed by atoms with E-state index in [0.29, 0.717) is 11.5 Å². The average Bonchev–Trinajstić information content (AvgIpc) is 2.46. The van der Waals surface area contributed by atoms with Gasteiger partial charge in [-0.2, -0.15) is 0 Å². The molecule has 0 unspecified atom stereocenters. The molecule has 0 aliphatic carbocycles. The molecule has 2 aromatic carbocycles. The largest absolute Gasteiger partial charge is 0.493 e. The first-order valence-electron chi connectivity index (χ1n) is 6.21. The Morgan fingerprint density at radius 1 is 1.05 bits per heavy atom. The Balaban J connectivity index is 1.98. The molecule has 0 amide bonds. The van der Waals surface area contributed by atoms with Gasteiger partial charge >= 0.3 is 0 Å². The summed E-state index contributed by atoms with van der Waals surface area (Å²) < 4.78 is 23.5. The monoisotopic (exact) mass is 270 g/mol. The maximum Gasteiger partial charge on any atom is 0.162 e.